The maximum absolute atomic E-state index is 11.9. The third-order valence-corrected chi connectivity index (χ3v) is 3.65. The summed E-state index contributed by atoms with van der Waals surface area (Å²) < 4.78 is 10.6. The predicted molar refractivity (Wildman–Crippen MR) is 78.0 cm³/mol. The second kappa shape index (κ2) is 6.43. The van der Waals surface area contributed by atoms with E-state index < -0.39 is 6.09 Å². The number of carbonyl (C=O) groups excluding carboxylic acids is 1. The van der Waals surface area contributed by atoms with Crippen molar-refractivity contribution in [3.8, 4) is 17.2 Å². The van der Waals surface area contributed by atoms with Crippen LogP contribution in [0.25, 0.3) is 11.5 Å². The third-order valence-electron chi connectivity index (χ3n) is 3.65. The molecule has 1 aliphatic rings. The highest BCUT2D eigenvalue weighted by molar-refractivity contribution is 5.71. The van der Waals surface area contributed by atoms with Gasteiger partial charge in [-0.3, -0.25) is 0 Å². The van der Waals surface area contributed by atoms with Crippen LogP contribution in [-0.2, 0) is 0 Å². The van der Waals surface area contributed by atoms with Crippen LogP contribution in [0.15, 0.2) is 41.1 Å². The Morgan fingerprint density at radius 3 is 2.90 bits per heavy atom. The second-order valence-electron chi connectivity index (χ2n) is 5.23. The van der Waals surface area contributed by atoms with E-state index in [0.717, 1.165) is 18.4 Å². The minimum absolute atomic E-state index is 0.237. The van der Waals surface area contributed by atoms with Gasteiger partial charge >= 0.3 is 6.09 Å². The summed E-state index contributed by atoms with van der Waals surface area (Å²) in [5.41, 5.74) is 0.781. The molecule has 0 atom stereocenters. The molecule has 0 saturated heterocycles. The summed E-state index contributed by atoms with van der Waals surface area (Å²) in [6.45, 7) is 0. The van der Waals surface area contributed by atoms with E-state index in [2.05, 4.69) is 10.3 Å². The Hall–Kier alpha value is -2.30. The van der Waals surface area contributed by atoms with Crippen LogP contribution in [0, 0.1) is 0 Å². The number of hydrogen-bond acceptors (Lipinski definition) is 4. The number of oxazole rings is 1. The Balaban J connectivity index is 1.62. The van der Waals surface area contributed by atoms with Crippen LogP contribution in [0.1, 0.15) is 32.1 Å². The predicted octanol–water partition coefficient (Wildman–Crippen LogP) is 3.76. The maximum Gasteiger partial charge on any atom is 0.412 e. The molecule has 110 valence electrons. The molecule has 0 radical (unpaired) electrons. The van der Waals surface area contributed by atoms with Crippen LogP contribution in [0.2, 0.25) is 0 Å². The zero-order valence-electron chi connectivity index (χ0n) is 11.7. The van der Waals surface area contributed by atoms with E-state index in [-0.39, 0.29) is 6.04 Å². The van der Waals surface area contributed by atoms with Crippen molar-refractivity contribution >= 4 is 6.09 Å². The fraction of sp³-hybridized carbons (Fsp3) is 0.375. The van der Waals surface area contributed by atoms with Gasteiger partial charge in [-0.15, -0.1) is 0 Å². The van der Waals surface area contributed by atoms with E-state index >= 15 is 0 Å². The van der Waals surface area contributed by atoms with Crippen LogP contribution in [-0.4, -0.2) is 17.1 Å². The van der Waals surface area contributed by atoms with Gasteiger partial charge in [0.1, 0.15) is 12.0 Å². The first kappa shape index (κ1) is 13.7. The third kappa shape index (κ3) is 3.62. The van der Waals surface area contributed by atoms with E-state index in [1.165, 1.54) is 25.5 Å². The summed E-state index contributed by atoms with van der Waals surface area (Å²) in [6.07, 6.45) is 8.36. The molecule has 1 N–H and O–H groups in total. The molecule has 0 unspecified atom stereocenters. The van der Waals surface area contributed by atoms with E-state index in [1.807, 2.05) is 12.1 Å². The van der Waals surface area contributed by atoms with Crippen LogP contribution in [0.5, 0.6) is 5.75 Å². The summed E-state index contributed by atoms with van der Waals surface area (Å²) >= 11 is 0. The first-order valence-electron chi connectivity index (χ1n) is 7.29. The number of amides is 1. The Morgan fingerprint density at radius 2 is 2.14 bits per heavy atom. The fourth-order valence-electron chi connectivity index (χ4n) is 2.61. The lowest BCUT2D eigenvalue weighted by atomic mass is 9.96. The van der Waals surface area contributed by atoms with Crippen LogP contribution < -0.4 is 10.1 Å². The number of nitrogens with zero attached hydrogens (tertiary/aromatic N) is 1. The van der Waals surface area contributed by atoms with E-state index in [4.69, 9.17) is 9.15 Å². The van der Waals surface area contributed by atoms with Crippen LogP contribution in [0.4, 0.5) is 4.79 Å². The molecule has 1 amide bonds. The number of rotatable bonds is 3. The fourth-order valence-corrected chi connectivity index (χ4v) is 2.61. The first-order valence-corrected chi connectivity index (χ1v) is 7.29. The molecule has 21 heavy (non-hydrogen) atoms. The average Bonchev–Trinajstić information content (AvgIpc) is 3.02. The van der Waals surface area contributed by atoms with Gasteiger partial charge in [0, 0.05) is 11.6 Å². The highest BCUT2D eigenvalue weighted by Crippen LogP contribution is 2.23. The molecule has 3 rings (SSSR count). The molecule has 5 nitrogen and oxygen atoms in total. The Kier molecular flexibility index (Phi) is 4.19. The maximum atomic E-state index is 11.9. The van der Waals surface area contributed by atoms with E-state index in [9.17, 15) is 4.79 Å². The van der Waals surface area contributed by atoms with Gasteiger partial charge in [-0.2, -0.15) is 0 Å². The number of carbonyl (C=O) groups is 1. The van der Waals surface area contributed by atoms with Crippen molar-refractivity contribution in [2.24, 2.45) is 0 Å². The van der Waals surface area contributed by atoms with Crippen LogP contribution >= 0.6 is 0 Å². The minimum atomic E-state index is -0.397. The SMILES string of the molecule is O=C(NC1CCCCC1)Oc1cccc(-c2ncco2)c1. The molecule has 5 heteroatoms. The van der Waals surface area contributed by atoms with Gasteiger partial charge in [0.05, 0.1) is 6.20 Å². The Labute approximate surface area is 123 Å². The summed E-state index contributed by atoms with van der Waals surface area (Å²) in [5, 5.41) is 2.92. The lowest BCUT2D eigenvalue weighted by molar-refractivity contribution is 0.192. The number of ether oxygens (including phenoxy) is 1. The molecule has 0 spiro atoms. The molecule has 0 aliphatic heterocycles. The highest BCUT2D eigenvalue weighted by atomic mass is 16.6. The van der Waals surface area contributed by atoms with Gasteiger partial charge < -0.3 is 14.5 Å². The molecular weight excluding hydrogens is 268 g/mol. The van der Waals surface area contributed by atoms with Gasteiger partial charge in [0.15, 0.2) is 0 Å². The van der Waals surface area contributed by atoms with Crippen molar-refractivity contribution in [1.82, 2.24) is 10.3 Å². The topological polar surface area (TPSA) is 64.4 Å². The van der Waals surface area contributed by atoms with Crippen molar-refractivity contribution in [2.75, 3.05) is 0 Å². The van der Waals surface area contributed by atoms with Gasteiger partial charge in [-0.05, 0) is 31.0 Å². The monoisotopic (exact) mass is 286 g/mol. The summed E-state index contributed by atoms with van der Waals surface area (Å²) in [7, 11) is 0. The van der Waals surface area contributed by atoms with Gasteiger partial charge in [-0.1, -0.05) is 25.3 Å². The molecule has 1 aromatic heterocycles. The molecule has 0 bridgehead atoms. The van der Waals surface area contributed by atoms with E-state index in [1.54, 1.807) is 18.3 Å². The quantitative estimate of drug-likeness (QED) is 0.933. The summed E-state index contributed by atoms with van der Waals surface area (Å²) in [4.78, 5) is 16.0. The van der Waals surface area contributed by atoms with Gasteiger partial charge in [0.25, 0.3) is 0 Å². The van der Waals surface area contributed by atoms with Gasteiger partial charge in [0.2, 0.25) is 5.89 Å². The molecule has 2 aromatic rings. The smallest absolute Gasteiger partial charge is 0.412 e. The van der Waals surface area contributed by atoms with Gasteiger partial charge in [-0.25, -0.2) is 9.78 Å². The number of aromatic nitrogens is 1. The normalized spacial score (nSPS) is 15.6. The molecule has 1 fully saturated rings. The number of hydrogen-bond donors (Lipinski definition) is 1. The van der Waals surface area contributed by atoms with Crippen molar-refractivity contribution in [1.29, 1.82) is 0 Å². The van der Waals surface area contributed by atoms with E-state index in [0.29, 0.717) is 11.6 Å². The average molecular weight is 286 g/mol. The molecule has 1 heterocycles. The van der Waals surface area contributed by atoms with Crippen molar-refractivity contribution in [3.63, 3.8) is 0 Å². The van der Waals surface area contributed by atoms with Crippen LogP contribution in [0.3, 0.4) is 0 Å². The minimum Gasteiger partial charge on any atom is -0.445 e. The number of nitrogens with one attached hydrogen (secondary N) is 1. The lowest BCUT2D eigenvalue weighted by Gasteiger charge is -2.22. The zero-order valence-corrected chi connectivity index (χ0v) is 11.7. The molecular formula is C16H18N2O3. The Bertz CT molecular complexity index is 589. The molecule has 1 aromatic carbocycles. The standard InChI is InChI=1S/C16H18N2O3/c19-16(18-13-6-2-1-3-7-13)21-14-8-4-5-12(11-14)15-17-9-10-20-15/h4-5,8-11,13H,1-3,6-7H2,(H,18,19). The van der Waals surface area contributed by atoms with Crippen molar-refractivity contribution in [2.45, 2.75) is 38.1 Å². The largest absolute Gasteiger partial charge is 0.445 e. The van der Waals surface area contributed by atoms with Crippen molar-refractivity contribution in [3.05, 3.63) is 36.7 Å². The second-order valence-corrected chi connectivity index (χ2v) is 5.23. The number of benzene rings is 1. The molecule has 1 saturated carbocycles. The highest BCUT2D eigenvalue weighted by Gasteiger charge is 2.17. The summed E-state index contributed by atoms with van der Waals surface area (Å²) in [5.74, 6) is 0.993. The first-order chi connectivity index (χ1) is 10.3. The van der Waals surface area contributed by atoms with Crippen molar-refractivity contribution < 1.29 is 13.9 Å². The lowest BCUT2D eigenvalue weighted by Crippen LogP contribution is -2.37. The Morgan fingerprint density at radius 1 is 1.29 bits per heavy atom. The molecule has 1 aliphatic carbocycles. The zero-order chi connectivity index (χ0) is 14.5. The summed E-state index contributed by atoms with van der Waals surface area (Å²) in [6, 6.07) is 7.39.